The number of para-hydroxylation sites is 1. The number of carbonyl (C=O) groups excluding carboxylic acids is 2. The van der Waals surface area contributed by atoms with Crippen LogP contribution in [-0.4, -0.2) is 25.0 Å². The van der Waals surface area contributed by atoms with E-state index < -0.39 is 0 Å². The number of benzene rings is 2. The summed E-state index contributed by atoms with van der Waals surface area (Å²) < 4.78 is 5.58. The second kappa shape index (κ2) is 7.83. The number of nitrogens with zero attached hydrogens (tertiary/aromatic N) is 1. The Balaban J connectivity index is 1.69. The quantitative estimate of drug-likeness (QED) is 0.880. The summed E-state index contributed by atoms with van der Waals surface area (Å²) in [6.45, 7) is 3.62. The molecule has 0 unspecified atom stereocenters. The minimum Gasteiger partial charge on any atom is -0.494 e. The highest BCUT2D eigenvalue weighted by Gasteiger charge is 2.22. The second-order valence-electron chi connectivity index (χ2n) is 5.92. The molecule has 0 atom stereocenters. The Morgan fingerprint density at radius 1 is 1.20 bits per heavy atom. The van der Waals surface area contributed by atoms with Gasteiger partial charge in [-0.3, -0.25) is 9.59 Å². The van der Waals surface area contributed by atoms with E-state index in [9.17, 15) is 9.59 Å². The molecule has 3 rings (SSSR count). The standard InChI is InChI=1S/C20H22N2O3/c1-2-25-18-10-4-3-7-16(18)14-21-20(24)15-8-5-9-17(13-15)22-12-6-11-19(22)23/h3-5,7-10,13H,2,6,11-12,14H2,1H3,(H,21,24). The lowest BCUT2D eigenvalue weighted by atomic mass is 10.1. The molecule has 0 bridgehead atoms. The molecule has 0 aliphatic carbocycles. The third-order valence-electron chi connectivity index (χ3n) is 4.21. The summed E-state index contributed by atoms with van der Waals surface area (Å²) in [5.74, 6) is 0.727. The number of amides is 2. The van der Waals surface area contributed by atoms with Crippen molar-refractivity contribution in [2.75, 3.05) is 18.1 Å². The Kier molecular flexibility index (Phi) is 5.33. The molecule has 1 aliphatic heterocycles. The number of anilines is 1. The van der Waals surface area contributed by atoms with Crippen molar-refractivity contribution in [3.05, 3.63) is 59.7 Å². The van der Waals surface area contributed by atoms with Gasteiger partial charge in [0.15, 0.2) is 0 Å². The lowest BCUT2D eigenvalue weighted by Crippen LogP contribution is -2.26. The Hall–Kier alpha value is -2.82. The summed E-state index contributed by atoms with van der Waals surface area (Å²) in [5, 5.41) is 2.92. The minimum absolute atomic E-state index is 0.114. The lowest BCUT2D eigenvalue weighted by molar-refractivity contribution is -0.117. The van der Waals surface area contributed by atoms with Crippen LogP contribution in [0, 0.1) is 0 Å². The molecule has 0 saturated carbocycles. The van der Waals surface area contributed by atoms with Gasteiger partial charge in [0, 0.05) is 36.3 Å². The lowest BCUT2D eigenvalue weighted by Gasteiger charge is -2.16. The Morgan fingerprint density at radius 2 is 2.04 bits per heavy atom. The van der Waals surface area contributed by atoms with E-state index in [2.05, 4.69) is 5.32 Å². The van der Waals surface area contributed by atoms with Crippen molar-refractivity contribution in [2.45, 2.75) is 26.3 Å². The van der Waals surface area contributed by atoms with Crippen LogP contribution < -0.4 is 15.0 Å². The van der Waals surface area contributed by atoms with E-state index in [0.29, 0.717) is 31.7 Å². The van der Waals surface area contributed by atoms with Gasteiger partial charge in [-0.2, -0.15) is 0 Å². The van der Waals surface area contributed by atoms with Gasteiger partial charge in [0.2, 0.25) is 5.91 Å². The molecule has 1 aliphatic rings. The van der Waals surface area contributed by atoms with Gasteiger partial charge in [-0.1, -0.05) is 24.3 Å². The number of hydrogen-bond donors (Lipinski definition) is 1. The summed E-state index contributed by atoms with van der Waals surface area (Å²) in [5.41, 5.74) is 2.26. The van der Waals surface area contributed by atoms with Gasteiger partial charge in [0.25, 0.3) is 5.91 Å². The molecule has 1 saturated heterocycles. The van der Waals surface area contributed by atoms with Crippen molar-refractivity contribution in [1.82, 2.24) is 5.32 Å². The summed E-state index contributed by atoms with van der Waals surface area (Å²) >= 11 is 0. The van der Waals surface area contributed by atoms with E-state index >= 15 is 0 Å². The third kappa shape index (κ3) is 3.99. The smallest absolute Gasteiger partial charge is 0.251 e. The van der Waals surface area contributed by atoms with Crippen LogP contribution in [0.4, 0.5) is 5.69 Å². The molecule has 1 N–H and O–H groups in total. The third-order valence-corrected chi connectivity index (χ3v) is 4.21. The van der Waals surface area contributed by atoms with Crippen LogP contribution in [-0.2, 0) is 11.3 Å². The summed E-state index contributed by atoms with van der Waals surface area (Å²) in [6.07, 6.45) is 1.44. The van der Waals surface area contributed by atoms with Crippen LogP contribution in [0.3, 0.4) is 0 Å². The maximum atomic E-state index is 12.5. The first-order chi connectivity index (χ1) is 12.2. The van der Waals surface area contributed by atoms with Gasteiger partial charge in [-0.25, -0.2) is 0 Å². The molecule has 130 valence electrons. The van der Waals surface area contributed by atoms with Crippen molar-refractivity contribution in [1.29, 1.82) is 0 Å². The van der Waals surface area contributed by atoms with E-state index in [1.165, 1.54) is 0 Å². The molecule has 2 aromatic carbocycles. The highest BCUT2D eigenvalue weighted by molar-refractivity contribution is 5.99. The fourth-order valence-corrected chi connectivity index (χ4v) is 2.96. The number of carbonyl (C=O) groups is 2. The SMILES string of the molecule is CCOc1ccccc1CNC(=O)c1cccc(N2CCCC2=O)c1. The molecule has 25 heavy (non-hydrogen) atoms. The van der Waals surface area contributed by atoms with Crippen molar-refractivity contribution in [3.8, 4) is 5.75 Å². The first kappa shape index (κ1) is 17.0. The monoisotopic (exact) mass is 338 g/mol. The molecule has 1 fully saturated rings. The van der Waals surface area contributed by atoms with Crippen LogP contribution in [0.15, 0.2) is 48.5 Å². The van der Waals surface area contributed by atoms with Gasteiger partial charge < -0.3 is 15.0 Å². The number of hydrogen-bond acceptors (Lipinski definition) is 3. The zero-order valence-corrected chi connectivity index (χ0v) is 14.3. The zero-order chi connectivity index (χ0) is 17.6. The predicted octanol–water partition coefficient (Wildman–Crippen LogP) is 3.14. The molecule has 0 aromatic heterocycles. The molecule has 0 radical (unpaired) electrons. The fraction of sp³-hybridized carbons (Fsp3) is 0.300. The Morgan fingerprint density at radius 3 is 2.80 bits per heavy atom. The van der Waals surface area contributed by atoms with Crippen molar-refractivity contribution < 1.29 is 14.3 Å². The van der Waals surface area contributed by atoms with Gasteiger partial charge in [-0.15, -0.1) is 0 Å². The van der Waals surface area contributed by atoms with Gasteiger partial charge in [0.1, 0.15) is 5.75 Å². The molecular weight excluding hydrogens is 316 g/mol. The first-order valence-corrected chi connectivity index (χ1v) is 8.58. The van der Waals surface area contributed by atoms with Gasteiger partial charge in [0.05, 0.1) is 6.61 Å². The van der Waals surface area contributed by atoms with Crippen LogP contribution in [0.5, 0.6) is 5.75 Å². The average Bonchev–Trinajstić information content (AvgIpc) is 3.07. The molecule has 2 amide bonds. The number of rotatable bonds is 6. The summed E-state index contributed by atoms with van der Waals surface area (Å²) in [4.78, 5) is 26.1. The summed E-state index contributed by atoms with van der Waals surface area (Å²) in [6, 6.07) is 14.9. The van der Waals surface area contributed by atoms with Gasteiger partial charge >= 0.3 is 0 Å². The average molecular weight is 338 g/mol. The zero-order valence-electron chi connectivity index (χ0n) is 14.3. The minimum atomic E-state index is -0.167. The molecule has 2 aromatic rings. The number of ether oxygens (including phenoxy) is 1. The van der Waals surface area contributed by atoms with E-state index in [0.717, 1.165) is 23.4 Å². The molecule has 1 heterocycles. The van der Waals surface area contributed by atoms with Crippen molar-refractivity contribution >= 4 is 17.5 Å². The molecule has 5 heteroatoms. The molecular formula is C20H22N2O3. The largest absolute Gasteiger partial charge is 0.494 e. The Bertz CT molecular complexity index is 773. The fourth-order valence-electron chi connectivity index (χ4n) is 2.96. The van der Waals surface area contributed by atoms with E-state index in [1.807, 2.05) is 43.3 Å². The molecule has 5 nitrogen and oxygen atoms in total. The van der Waals surface area contributed by atoms with Crippen LogP contribution in [0.25, 0.3) is 0 Å². The van der Waals surface area contributed by atoms with Gasteiger partial charge in [-0.05, 0) is 37.6 Å². The van der Waals surface area contributed by atoms with Crippen LogP contribution in [0.1, 0.15) is 35.7 Å². The van der Waals surface area contributed by atoms with E-state index in [-0.39, 0.29) is 11.8 Å². The van der Waals surface area contributed by atoms with Crippen LogP contribution >= 0.6 is 0 Å². The maximum absolute atomic E-state index is 12.5. The topological polar surface area (TPSA) is 58.6 Å². The molecule has 0 spiro atoms. The normalized spacial score (nSPS) is 13.8. The summed E-state index contributed by atoms with van der Waals surface area (Å²) in [7, 11) is 0. The number of nitrogens with one attached hydrogen (secondary N) is 1. The van der Waals surface area contributed by atoms with E-state index in [4.69, 9.17) is 4.74 Å². The van der Waals surface area contributed by atoms with Crippen molar-refractivity contribution in [3.63, 3.8) is 0 Å². The second-order valence-corrected chi connectivity index (χ2v) is 5.92. The van der Waals surface area contributed by atoms with Crippen molar-refractivity contribution in [2.24, 2.45) is 0 Å². The highest BCUT2D eigenvalue weighted by Crippen LogP contribution is 2.22. The van der Waals surface area contributed by atoms with E-state index in [1.54, 1.807) is 17.0 Å². The highest BCUT2D eigenvalue weighted by atomic mass is 16.5. The maximum Gasteiger partial charge on any atom is 0.251 e. The Labute approximate surface area is 147 Å². The predicted molar refractivity (Wildman–Crippen MR) is 96.8 cm³/mol. The first-order valence-electron chi connectivity index (χ1n) is 8.58. The van der Waals surface area contributed by atoms with Crippen LogP contribution in [0.2, 0.25) is 0 Å².